The van der Waals surface area contributed by atoms with Crippen LogP contribution in [0.25, 0.3) is 0 Å². The van der Waals surface area contributed by atoms with Gasteiger partial charge < -0.3 is 15.3 Å². The van der Waals surface area contributed by atoms with Crippen LogP contribution in [-0.4, -0.2) is 41.5 Å². The Labute approximate surface area is 128 Å². The van der Waals surface area contributed by atoms with Crippen molar-refractivity contribution in [3.63, 3.8) is 0 Å². The van der Waals surface area contributed by atoms with Gasteiger partial charge >= 0.3 is 5.97 Å². The van der Waals surface area contributed by atoms with Crippen LogP contribution in [-0.2, 0) is 9.59 Å². The van der Waals surface area contributed by atoms with E-state index in [1.54, 1.807) is 24.3 Å². The van der Waals surface area contributed by atoms with E-state index >= 15 is 0 Å². The third kappa shape index (κ3) is 4.19. The van der Waals surface area contributed by atoms with E-state index in [1.165, 1.54) is 0 Å². The minimum absolute atomic E-state index is 0.116. The molecule has 1 heterocycles. The number of carbonyl (C=O) groups excluding carboxylic acids is 1. The van der Waals surface area contributed by atoms with E-state index in [4.69, 9.17) is 16.7 Å². The third-order valence-corrected chi connectivity index (χ3v) is 4.14. The highest BCUT2D eigenvalue weighted by atomic mass is 35.5. The van der Waals surface area contributed by atoms with Gasteiger partial charge in [0.15, 0.2) is 0 Å². The molecule has 0 spiro atoms. The molecule has 114 valence electrons. The smallest absolute Gasteiger partial charge is 0.308 e. The average Bonchev–Trinajstić information content (AvgIpc) is 2.80. The second-order valence-electron chi connectivity index (χ2n) is 5.46. The van der Waals surface area contributed by atoms with E-state index in [2.05, 4.69) is 5.32 Å². The molecule has 2 rings (SSSR count). The number of halogens is 1. The lowest BCUT2D eigenvalue weighted by Gasteiger charge is -2.15. The van der Waals surface area contributed by atoms with Crippen LogP contribution in [0.3, 0.4) is 0 Å². The standard InChI is InChI=1S/C15H19ClN2O3/c1-10-8-18(9-11(10)15(20)21)7-6-14(19)17-13-5-3-2-4-12(13)16/h2-5,10-11H,6-9H2,1H3,(H,17,19)(H,20,21)/t10-,11-/m1/s1. The summed E-state index contributed by atoms with van der Waals surface area (Å²) >= 11 is 5.98. The molecule has 0 aliphatic carbocycles. The Morgan fingerprint density at radius 1 is 1.38 bits per heavy atom. The van der Waals surface area contributed by atoms with Crippen molar-refractivity contribution < 1.29 is 14.7 Å². The van der Waals surface area contributed by atoms with Gasteiger partial charge in [0.25, 0.3) is 0 Å². The summed E-state index contributed by atoms with van der Waals surface area (Å²) in [5.74, 6) is -1.09. The Bertz CT molecular complexity index is 535. The molecule has 1 aliphatic heterocycles. The number of amides is 1. The Morgan fingerprint density at radius 2 is 2.10 bits per heavy atom. The summed E-state index contributed by atoms with van der Waals surface area (Å²) in [6, 6.07) is 7.08. The third-order valence-electron chi connectivity index (χ3n) is 3.81. The number of para-hydroxylation sites is 1. The highest BCUT2D eigenvalue weighted by Crippen LogP contribution is 2.23. The molecule has 0 unspecified atom stereocenters. The van der Waals surface area contributed by atoms with E-state index in [0.717, 1.165) is 6.54 Å². The molecule has 0 saturated carbocycles. The normalized spacial score (nSPS) is 22.2. The maximum Gasteiger partial charge on any atom is 0.308 e. The minimum atomic E-state index is -0.759. The van der Waals surface area contributed by atoms with Crippen molar-refractivity contribution in [1.29, 1.82) is 0 Å². The van der Waals surface area contributed by atoms with Crippen LogP contribution in [0, 0.1) is 11.8 Å². The van der Waals surface area contributed by atoms with Crippen LogP contribution in [0.2, 0.25) is 5.02 Å². The van der Waals surface area contributed by atoms with Crippen molar-refractivity contribution in [1.82, 2.24) is 4.90 Å². The van der Waals surface area contributed by atoms with Gasteiger partial charge in [-0.25, -0.2) is 0 Å². The van der Waals surface area contributed by atoms with Crippen molar-refractivity contribution in [3.05, 3.63) is 29.3 Å². The number of rotatable bonds is 5. The second kappa shape index (κ2) is 6.91. The predicted octanol–water partition coefficient (Wildman–Crippen LogP) is 2.32. The van der Waals surface area contributed by atoms with E-state index in [-0.39, 0.29) is 17.7 Å². The summed E-state index contributed by atoms with van der Waals surface area (Å²) in [7, 11) is 0. The first-order valence-corrected chi connectivity index (χ1v) is 7.34. The fraction of sp³-hybridized carbons (Fsp3) is 0.467. The Hall–Kier alpha value is -1.59. The molecule has 1 amide bonds. The lowest BCUT2D eigenvalue weighted by molar-refractivity contribution is -0.142. The fourth-order valence-corrected chi connectivity index (χ4v) is 2.79. The SMILES string of the molecule is C[C@@H]1CN(CCC(=O)Nc2ccccc2Cl)C[C@H]1C(=O)O. The van der Waals surface area contributed by atoms with Crippen molar-refractivity contribution >= 4 is 29.2 Å². The molecular formula is C15H19ClN2O3. The van der Waals surface area contributed by atoms with Crippen LogP contribution in [0.4, 0.5) is 5.69 Å². The lowest BCUT2D eigenvalue weighted by atomic mass is 9.99. The highest BCUT2D eigenvalue weighted by molar-refractivity contribution is 6.33. The van der Waals surface area contributed by atoms with Gasteiger partial charge in [-0.3, -0.25) is 9.59 Å². The maximum atomic E-state index is 11.9. The van der Waals surface area contributed by atoms with Gasteiger partial charge in [0, 0.05) is 26.1 Å². The summed E-state index contributed by atoms with van der Waals surface area (Å²) in [6.45, 7) is 3.72. The zero-order valence-corrected chi connectivity index (χ0v) is 12.6. The molecule has 1 aromatic rings. The number of likely N-dealkylation sites (tertiary alicyclic amines) is 1. The molecule has 0 aromatic heterocycles. The summed E-state index contributed by atoms with van der Waals surface area (Å²) in [5.41, 5.74) is 0.599. The van der Waals surface area contributed by atoms with Gasteiger partial charge in [-0.2, -0.15) is 0 Å². The van der Waals surface area contributed by atoms with Crippen molar-refractivity contribution in [3.8, 4) is 0 Å². The molecule has 5 nitrogen and oxygen atoms in total. The van der Waals surface area contributed by atoms with Crippen LogP contribution >= 0.6 is 11.6 Å². The number of hydrogen-bond donors (Lipinski definition) is 2. The molecular weight excluding hydrogens is 292 g/mol. The largest absolute Gasteiger partial charge is 0.481 e. The summed E-state index contributed by atoms with van der Waals surface area (Å²) in [4.78, 5) is 25.0. The van der Waals surface area contributed by atoms with E-state index < -0.39 is 5.97 Å². The molecule has 21 heavy (non-hydrogen) atoms. The summed E-state index contributed by atoms with van der Waals surface area (Å²) in [5, 5.41) is 12.4. The lowest BCUT2D eigenvalue weighted by Crippen LogP contribution is -2.27. The minimum Gasteiger partial charge on any atom is -0.481 e. The Balaban J connectivity index is 1.80. The van der Waals surface area contributed by atoms with Crippen LogP contribution < -0.4 is 5.32 Å². The summed E-state index contributed by atoms with van der Waals surface area (Å²) < 4.78 is 0. The molecule has 1 aromatic carbocycles. The van der Waals surface area contributed by atoms with Crippen molar-refractivity contribution in [2.24, 2.45) is 11.8 Å². The number of carboxylic acids is 1. The zero-order chi connectivity index (χ0) is 15.4. The first-order chi connectivity index (χ1) is 9.97. The van der Waals surface area contributed by atoms with E-state index in [0.29, 0.717) is 30.2 Å². The number of nitrogens with zero attached hydrogens (tertiary/aromatic N) is 1. The monoisotopic (exact) mass is 310 g/mol. The molecule has 1 fully saturated rings. The fourth-order valence-electron chi connectivity index (χ4n) is 2.61. The Morgan fingerprint density at radius 3 is 2.71 bits per heavy atom. The molecule has 1 aliphatic rings. The number of anilines is 1. The van der Waals surface area contributed by atoms with Crippen molar-refractivity contribution in [2.75, 3.05) is 25.0 Å². The molecule has 0 bridgehead atoms. The average molecular weight is 311 g/mol. The van der Waals surface area contributed by atoms with E-state index in [9.17, 15) is 9.59 Å². The van der Waals surface area contributed by atoms with E-state index in [1.807, 2.05) is 11.8 Å². The number of carboxylic acid groups (broad SMARTS) is 1. The van der Waals surface area contributed by atoms with Gasteiger partial charge in [-0.05, 0) is 18.1 Å². The number of carbonyl (C=O) groups is 2. The number of hydrogen-bond acceptors (Lipinski definition) is 3. The summed E-state index contributed by atoms with van der Waals surface area (Å²) in [6.07, 6.45) is 0.324. The van der Waals surface area contributed by atoms with Gasteiger partial charge in [-0.1, -0.05) is 30.7 Å². The van der Waals surface area contributed by atoms with Crippen molar-refractivity contribution in [2.45, 2.75) is 13.3 Å². The molecule has 2 atom stereocenters. The van der Waals surface area contributed by atoms with Gasteiger partial charge in [0.2, 0.25) is 5.91 Å². The first-order valence-electron chi connectivity index (χ1n) is 6.97. The first kappa shape index (κ1) is 15.8. The molecule has 6 heteroatoms. The maximum absolute atomic E-state index is 11.9. The second-order valence-corrected chi connectivity index (χ2v) is 5.87. The van der Waals surface area contributed by atoms with Gasteiger partial charge in [0.1, 0.15) is 0 Å². The highest BCUT2D eigenvalue weighted by Gasteiger charge is 2.34. The molecule has 0 radical (unpaired) electrons. The topological polar surface area (TPSA) is 69.6 Å². The predicted molar refractivity (Wildman–Crippen MR) is 81.4 cm³/mol. The number of nitrogens with one attached hydrogen (secondary N) is 1. The van der Waals surface area contributed by atoms with Crippen LogP contribution in [0.1, 0.15) is 13.3 Å². The Kier molecular flexibility index (Phi) is 5.20. The quantitative estimate of drug-likeness (QED) is 0.875. The van der Waals surface area contributed by atoms with Crippen LogP contribution in [0.5, 0.6) is 0 Å². The zero-order valence-electron chi connectivity index (χ0n) is 11.9. The molecule has 1 saturated heterocycles. The van der Waals surface area contributed by atoms with Gasteiger partial charge in [-0.15, -0.1) is 0 Å². The number of aliphatic carboxylic acids is 1. The van der Waals surface area contributed by atoms with Crippen LogP contribution in [0.15, 0.2) is 24.3 Å². The molecule has 2 N–H and O–H groups in total. The number of benzene rings is 1. The van der Waals surface area contributed by atoms with Gasteiger partial charge in [0.05, 0.1) is 16.6 Å².